The highest BCUT2D eigenvalue weighted by atomic mass is 16.2. The Morgan fingerprint density at radius 3 is 2.07 bits per heavy atom. The number of imide groups is 1. The van der Waals surface area contributed by atoms with Gasteiger partial charge in [0.1, 0.15) is 0 Å². The first kappa shape index (κ1) is 18.4. The maximum atomic E-state index is 12.8. The number of hydrogen-bond donors (Lipinski definition) is 0. The summed E-state index contributed by atoms with van der Waals surface area (Å²) in [6.45, 7) is 0.208. The van der Waals surface area contributed by atoms with Gasteiger partial charge in [-0.2, -0.15) is 0 Å². The first-order valence-electron chi connectivity index (χ1n) is 9.87. The van der Waals surface area contributed by atoms with E-state index in [1.165, 1.54) is 24.2 Å². The molecule has 4 rings (SSSR count). The van der Waals surface area contributed by atoms with Crippen molar-refractivity contribution in [3.05, 3.63) is 70.8 Å². The molecule has 1 fully saturated rings. The molecular weight excluding hydrogens is 352 g/mol. The average molecular weight is 376 g/mol. The average Bonchev–Trinajstić information content (AvgIpc) is 2.99. The van der Waals surface area contributed by atoms with Crippen LogP contribution in [0.4, 0.5) is 0 Å². The van der Waals surface area contributed by atoms with Crippen LogP contribution < -0.4 is 0 Å². The number of amides is 3. The monoisotopic (exact) mass is 376 g/mol. The number of carbonyl (C=O) groups excluding carboxylic acids is 3. The minimum absolute atomic E-state index is 0.0270. The van der Waals surface area contributed by atoms with Gasteiger partial charge in [0.05, 0.1) is 17.7 Å². The predicted molar refractivity (Wildman–Crippen MR) is 106 cm³/mol. The summed E-state index contributed by atoms with van der Waals surface area (Å²) in [5.74, 6) is -0.505. The van der Waals surface area contributed by atoms with Crippen molar-refractivity contribution in [3.63, 3.8) is 0 Å². The van der Waals surface area contributed by atoms with Crippen LogP contribution in [0.15, 0.2) is 48.5 Å². The van der Waals surface area contributed by atoms with E-state index in [-0.39, 0.29) is 24.3 Å². The number of rotatable bonds is 4. The summed E-state index contributed by atoms with van der Waals surface area (Å²) in [5.41, 5.74) is 2.37. The van der Waals surface area contributed by atoms with Crippen LogP contribution in [0.1, 0.15) is 68.7 Å². The number of benzene rings is 2. The van der Waals surface area contributed by atoms with E-state index in [1.807, 2.05) is 24.1 Å². The van der Waals surface area contributed by atoms with Crippen LogP contribution in [0.5, 0.6) is 0 Å². The second-order valence-corrected chi connectivity index (χ2v) is 7.65. The fourth-order valence-electron chi connectivity index (χ4n) is 4.16. The van der Waals surface area contributed by atoms with Crippen molar-refractivity contribution in [2.75, 3.05) is 7.05 Å². The summed E-state index contributed by atoms with van der Waals surface area (Å²) in [5, 5.41) is 0. The van der Waals surface area contributed by atoms with Crippen LogP contribution in [0.3, 0.4) is 0 Å². The first-order valence-corrected chi connectivity index (χ1v) is 9.87. The summed E-state index contributed by atoms with van der Waals surface area (Å²) in [6.07, 6.45) is 5.76. The molecule has 1 aliphatic carbocycles. The highest BCUT2D eigenvalue weighted by molar-refractivity contribution is 6.21. The molecule has 0 N–H and O–H groups in total. The van der Waals surface area contributed by atoms with Crippen molar-refractivity contribution in [2.45, 2.75) is 44.7 Å². The molecule has 0 atom stereocenters. The normalized spacial score (nSPS) is 17.0. The highest BCUT2D eigenvalue weighted by Gasteiger charge is 2.35. The van der Waals surface area contributed by atoms with Crippen LogP contribution in [-0.4, -0.2) is 40.6 Å². The third-order valence-electron chi connectivity index (χ3n) is 5.86. The van der Waals surface area contributed by atoms with E-state index >= 15 is 0 Å². The van der Waals surface area contributed by atoms with Gasteiger partial charge in [-0.1, -0.05) is 43.5 Å². The molecule has 0 spiro atoms. The molecule has 144 valence electrons. The number of fused-ring (bicyclic) bond motifs is 1. The van der Waals surface area contributed by atoms with E-state index < -0.39 is 0 Å². The van der Waals surface area contributed by atoms with Crippen LogP contribution in [-0.2, 0) is 6.54 Å². The Kier molecular flexibility index (Phi) is 4.99. The standard InChI is InChI=1S/C23H24N2O3/c1-24(18-7-3-2-4-8-18)21(26)17-13-11-16(12-14-17)15-25-22(27)19-9-5-6-10-20(19)23(25)28/h5-6,9-14,18H,2-4,7-8,15H2,1H3. The molecule has 3 amide bonds. The van der Waals surface area contributed by atoms with Crippen LogP contribution in [0.25, 0.3) is 0 Å². The van der Waals surface area contributed by atoms with E-state index in [4.69, 9.17) is 0 Å². The lowest BCUT2D eigenvalue weighted by Gasteiger charge is -2.31. The fourth-order valence-corrected chi connectivity index (χ4v) is 4.16. The molecule has 28 heavy (non-hydrogen) atoms. The Hall–Kier alpha value is -2.95. The predicted octanol–water partition coefficient (Wildman–Crippen LogP) is 3.89. The zero-order chi connectivity index (χ0) is 19.7. The molecule has 2 aromatic carbocycles. The second kappa shape index (κ2) is 7.58. The van der Waals surface area contributed by atoms with Gasteiger partial charge in [0.15, 0.2) is 0 Å². The van der Waals surface area contributed by atoms with Gasteiger partial charge in [-0.15, -0.1) is 0 Å². The summed E-state index contributed by atoms with van der Waals surface area (Å²) >= 11 is 0. The van der Waals surface area contributed by atoms with Gasteiger partial charge in [-0.05, 0) is 42.7 Å². The Morgan fingerprint density at radius 2 is 1.50 bits per heavy atom. The second-order valence-electron chi connectivity index (χ2n) is 7.65. The molecule has 1 saturated carbocycles. The van der Waals surface area contributed by atoms with Gasteiger partial charge in [-0.25, -0.2) is 0 Å². The van der Waals surface area contributed by atoms with E-state index in [0.29, 0.717) is 22.7 Å². The molecule has 0 unspecified atom stereocenters. The van der Waals surface area contributed by atoms with Gasteiger partial charge in [0, 0.05) is 18.7 Å². The van der Waals surface area contributed by atoms with Gasteiger partial charge in [-0.3, -0.25) is 19.3 Å². The summed E-state index contributed by atoms with van der Waals surface area (Å²) in [6, 6.07) is 14.4. The van der Waals surface area contributed by atoms with Crippen molar-refractivity contribution in [3.8, 4) is 0 Å². The lowest BCUT2D eigenvalue weighted by molar-refractivity contribution is 0.0639. The van der Waals surface area contributed by atoms with Gasteiger partial charge >= 0.3 is 0 Å². The smallest absolute Gasteiger partial charge is 0.261 e. The zero-order valence-electron chi connectivity index (χ0n) is 16.1. The van der Waals surface area contributed by atoms with Crippen molar-refractivity contribution < 1.29 is 14.4 Å². The molecule has 5 heteroatoms. The van der Waals surface area contributed by atoms with Crippen LogP contribution >= 0.6 is 0 Å². The van der Waals surface area contributed by atoms with E-state index in [9.17, 15) is 14.4 Å². The van der Waals surface area contributed by atoms with Crippen LogP contribution in [0.2, 0.25) is 0 Å². The van der Waals surface area contributed by atoms with E-state index in [2.05, 4.69) is 0 Å². The lowest BCUT2D eigenvalue weighted by Crippen LogP contribution is -2.38. The quantitative estimate of drug-likeness (QED) is 0.761. The fraction of sp³-hybridized carbons (Fsp3) is 0.348. The van der Waals surface area contributed by atoms with E-state index in [0.717, 1.165) is 18.4 Å². The van der Waals surface area contributed by atoms with Crippen molar-refractivity contribution in [2.24, 2.45) is 0 Å². The highest BCUT2D eigenvalue weighted by Crippen LogP contribution is 2.25. The summed E-state index contributed by atoms with van der Waals surface area (Å²) < 4.78 is 0. The minimum atomic E-state index is -0.266. The molecule has 0 saturated heterocycles. The first-order chi connectivity index (χ1) is 13.6. The molecule has 5 nitrogen and oxygen atoms in total. The topological polar surface area (TPSA) is 57.7 Å². The van der Waals surface area contributed by atoms with Gasteiger partial charge in [0.25, 0.3) is 17.7 Å². The molecule has 0 aromatic heterocycles. The maximum absolute atomic E-state index is 12.8. The maximum Gasteiger partial charge on any atom is 0.261 e. The van der Waals surface area contributed by atoms with Crippen molar-refractivity contribution in [1.82, 2.24) is 9.80 Å². The summed E-state index contributed by atoms with van der Waals surface area (Å²) in [4.78, 5) is 40.9. The molecular formula is C23H24N2O3. The van der Waals surface area contributed by atoms with Gasteiger partial charge < -0.3 is 4.90 Å². The Bertz CT molecular complexity index is 879. The third-order valence-corrected chi connectivity index (χ3v) is 5.86. The molecule has 0 bridgehead atoms. The Morgan fingerprint density at radius 1 is 0.929 bits per heavy atom. The van der Waals surface area contributed by atoms with Crippen molar-refractivity contribution >= 4 is 17.7 Å². The van der Waals surface area contributed by atoms with Crippen LogP contribution in [0, 0.1) is 0 Å². The van der Waals surface area contributed by atoms with E-state index in [1.54, 1.807) is 36.4 Å². The Labute approximate surface area is 164 Å². The zero-order valence-corrected chi connectivity index (χ0v) is 16.1. The molecule has 0 radical (unpaired) electrons. The van der Waals surface area contributed by atoms with Crippen molar-refractivity contribution in [1.29, 1.82) is 0 Å². The lowest BCUT2D eigenvalue weighted by atomic mass is 9.94. The molecule has 1 heterocycles. The number of carbonyl (C=O) groups is 3. The van der Waals surface area contributed by atoms with Gasteiger partial charge in [0.2, 0.25) is 0 Å². The SMILES string of the molecule is CN(C(=O)c1ccc(CN2C(=O)c3ccccc3C2=O)cc1)C1CCCCC1. The molecule has 2 aromatic rings. The summed E-state index contributed by atoms with van der Waals surface area (Å²) in [7, 11) is 1.88. The Balaban J connectivity index is 1.45. The number of hydrogen-bond acceptors (Lipinski definition) is 3. The molecule has 2 aliphatic rings. The largest absolute Gasteiger partial charge is 0.339 e. The third kappa shape index (κ3) is 3.33. The minimum Gasteiger partial charge on any atom is -0.339 e. The number of nitrogens with zero attached hydrogens (tertiary/aromatic N) is 2. The molecule has 1 aliphatic heterocycles.